The summed E-state index contributed by atoms with van der Waals surface area (Å²) < 4.78 is 50.1. The van der Waals surface area contributed by atoms with E-state index in [0.717, 1.165) is 23.1 Å². The number of halogens is 1. The molecular weight excluding hydrogens is 459 g/mol. The number of ether oxygens (including phenoxy) is 2. The van der Waals surface area contributed by atoms with Crippen molar-refractivity contribution < 1.29 is 27.1 Å². The molecule has 4 rings (SSSR count). The largest absolute Gasteiger partial charge is 0.489 e. The van der Waals surface area contributed by atoms with Crippen LogP contribution in [0, 0.1) is 18.7 Å². The van der Waals surface area contributed by atoms with Gasteiger partial charge < -0.3 is 9.47 Å². The van der Waals surface area contributed by atoms with Crippen LogP contribution in [-0.4, -0.2) is 32.2 Å². The second-order valence-corrected chi connectivity index (χ2v) is 10.1. The van der Waals surface area contributed by atoms with Gasteiger partial charge in [-0.3, -0.25) is 4.79 Å². The van der Waals surface area contributed by atoms with Gasteiger partial charge in [0.05, 0.1) is 12.9 Å². The molecule has 34 heavy (non-hydrogen) atoms. The zero-order chi connectivity index (χ0) is 24.3. The predicted octanol–water partition coefficient (Wildman–Crippen LogP) is 4.25. The maximum absolute atomic E-state index is 14.3. The van der Waals surface area contributed by atoms with Gasteiger partial charge in [-0.2, -0.15) is 0 Å². The molecule has 1 aliphatic rings. The van der Waals surface area contributed by atoms with E-state index in [2.05, 4.69) is 4.98 Å². The highest BCUT2D eigenvalue weighted by molar-refractivity contribution is 7.89. The molecule has 0 atom stereocenters. The summed E-state index contributed by atoms with van der Waals surface area (Å²) in [7, 11) is -3.64. The summed E-state index contributed by atoms with van der Waals surface area (Å²) in [6, 6.07) is 14.4. The van der Waals surface area contributed by atoms with Gasteiger partial charge in [0, 0.05) is 29.0 Å². The van der Waals surface area contributed by atoms with E-state index in [1.54, 1.807) is 24.3 Å². The fraction of sp³-hybridized carbons (Fsp3) is 0.280. The Balaban J connectivity index is 1.43. The topological polar surface area (TPSA) is 94.6 Å². The van der Waals surface area contributed by atoms with Gasteiger partial charge >= 0.3 is 0 Å². The summed E-state index contributed by atoms with van der Waals surface area (Å²) >= 11 is 0. The highest BCUT2D eigenvalue weighted by Crippen LogP contribution is 2.31. The molecule has 0 spiro atoms. The van der Waals surface area contributed by atoms with Crippen LogP contribution in [0.5, 0.6) is 11.6 Å². The van der Waals surface area contributed by atoms with E-state index >= 15 is 0 Å². The maximum Gasteiger partial charge on any atom is 0.264 e. The smallest absolute Gasteiger partial charge is 0.264 e. The van der Waals surface area contributed by atoms with Crippen LogP contribution < -0.4 is 14.2 Å². The van der Waals surface area contributed by atoms with Gasteiger partial charge in [-0.1, -0.05) is 12.1 Å². The van der Waals surface area contributed by atoms with Crippen LogP contribution in [0.4, 0.5) is 4.39 Å². The van der Waals surface area contributed by atoms with Gasteiger partial charge in [0.1, 0.15) is 18.2 Å². The van der Waals surface area contributed by atoms with Crippen molar-refractivity contribution in [2.45, 2.75) is 26.4 Å². The number of rotatable bonds is 9. The van der Waals surface area contributed by atoms with Gasteiger partial charge in [-0.05, 0) is 67.1 Å². The molecule has 1 heterocycles. The summed E-state index contributed by atoms with van der Waals surface area (Å²) in [4.78, 5) is 16.4. The molecule has 1 aliphatic carbocycles. The van der Waals surface area contributed by atoms with Crippen LogP contribution in [-0.2, 0) is 16.6 Å². The standard InChI is InChI=1S/C25H25FN2O5S/c1-16-23(9-10-24(27-16)33-15-17-3-4-17)20-11-21(26)13-22(12-20)32-14-18-5-7-19(8-6-18)25(29)28-34(2,30)31/h5-13,17H,3-4,14-15H2,1-2H3,(H,28,29). The number of aromatic nitrogens is 1. The molecule has 178 valence electrons. The molecule has 1 amide bonds. The Morgan fingerprint density at radius 3 is 2.47 bits per heavy atom. The average molecular weight is 485 g/mol. The minimum Gasteiger partial charge on any atom is -0.489 e. The van der Waals surface area contributed by atoms with Crippen molar-refractivity contribution in [1.29, 1.82) is 0 Å². The van der Waals surface area contributed by atoms with Gasteiger partial charge in [0.15, 0.2) is 0 Å². The highest BCUT2D eigenvalue weighted by atomic mass is 32.2. The molecule has 1 fully saturated rings. The van der Waals surface area contributed by atoms with Gasteiger partial charge in [-0.25, -0.2) is 22.5 Å². The number of benzene rings is 2. The molecule has 9 heteroatoms. The number of carbonyl (C=O) groups excluding carboxylic acids is 1. The number of carbonyl (C=O) groups is 1. The molecule has 0 radical (unpaired) electrons. The highest BCUT2D eigenvalue weighted by Gasteiger charge is 2.22. The molecule has 0 bridgehead atoms. The van der Waals surface area contributed by atoms with E-state index in [1.165, 1.54) is 37.1 Å². The summed E-state index contributed by atoms with van der Waals surface area (Å²) in [6.45, 7) is 2.67. The normalized spacial score (nSPS) is 13.4. The van der Waals surface area contributed by atoms with Crippen LogP contribution in [0.15, 0.2) is 54.6 Å². The number of sulfonamides is 1. The SMILES string of the molecule is Cc1nc(OCC2CC2)ccc1-c1cc(F)cc(OCc2ccc(C(=O)NS(C)(=O)=O)cc2)c1. The molecule has 0 saturated heterocycles. The lowest BCUT2D eigenvalue weighted by atomic mass is 10.0. The maximum atomic E-state index is 14.3. The van der Waals surface area contributed by atoms with E-state index in [0.29, 0.717) is 29.7 Å². The predicted molar refractivity (Wildman–Crippen MR) is 126 cm³/mol. The van der Waals surface area contributed by atoms with Crippen molar-refractivity contribution in [1.82, 2.24) is 9.71 Å². The van der Waals surface area contributed by atoms with Crippen LogP contribution >= 0.6 is 0 Å². The Kier molecular flexibility index (Phi) is 6.83. The Morgan fingerprint density at radius 2 is 1.82 bits per heavy atom. The molecule has 2 aromatic carbocycles. The number of nitrogens with zero attached hydrogens (tertiary/aromatic N) is 1. The van der Waals surface area contributed by atoms with Crippen LogP contribution in [0.1, 0.15) is 34.5 Å². The van der Waals surface area contributed by atoms with Crippen molar-refractivity contribution in [3.63, 3.8) is 0 Å². The van der Waals surface area contributed by atoms with Crippen molar-refractivity contribution >= 4 is 15.9 Å². The number of hydrogen-bond acceptors (Lipinski definition) is 6. The number of nitrogens with one attached hydrogen (secondary N) is 1. The average Bonchev–Trinajstić information content (AvgIpc) is 3.60. The van der Waals surface area contributed by atoms with E-state index < -0.39 is 21.7 Å². The van der Waals surface area contributed by atoms with Gasteiger partial charge in [0.25, 0.3) is 5.91 Å². The zero-order valence-electron chi connectivity index (χ0n) is 18.9. The first-order valence-electron chi connectivity index (χ1n) is 10.8. The fourth-order valence-corrected chi connectivity index (χ4v) is 3.81. The number of amides is 1. The van der Waals surface area contributed by atoms with Crippen LogP contribution in [0.25, 0.3) is 11.1 Å². The van der Waals surface area contributed by atoms with Gasteiger partial charge in [-0.15, -0.1) is 0 Å². The minimum absolute atomic E-state index is 0.141. The Morgan fingerprint density at radius 1 is 1.09 bits per heavy atom. The van der Waals surface area contributed by atoms with Gasteiger partial charge in [0.2, 0.25) is 15.9 Å². The third-order valence-electron chi connectivity index (χ3n) is 5.31. The summed E-state index contributed by atoms with van der Waals surface area (Å²) in [5.74, 6) is 0.397. The van der Waals surface area contributed by atoms with E-state index in [4.69, 9.17) is 9.47 Å². The molecule has 0 unspecified atom stereocenters. The monoisotopic (exact) mass is 484 g/mol. The summed E-state index contributed by atoms with van der Waals surface area (Å²) in [5.41, 5.74) is 3.09. The zero-order valence-corrected chi connectivity index (χ0v) is 19.7. The first-order valence-corrected chi connectivity index (χ1v) is 12.7. The Bertz CT molecular complexity index is 1310. The van der Waals surface area contributed by atoms with E-state index in [1.807, 2.05) is 17.7 Å². The first-order chi connectivity index (χ1) is 16.2. The van der Waals surface area contributed by atoms with Crippen LogP contribution in [0.2, 0.25) is 0 Å². The lowest BCUT2D eigenvalue weighted by Gasteiger charge is -2.12. The van der Waals surface area contributed by atoms with Crippen molar-refractivity contribution in [2.75, 3.05) is 12.9 Å². The molecule has 0 aliphatic heterocycles. The number of hydrogen-bond donors (Lipinski definition) is 1. The van der Waals surface area contributed by atoms with Crippen molar-refractivity contribution in [2.24, 2.45) is 5.92 Å². The lowest BCUT2D eigenvalue weighted by molar-refractivity contribution is 0.0981. The summed E-state index contributed by atoms with van der Waals surface area (Å²) in [5, 5.41) is 0. The molecule has 7 nitrogen and oxygen atoms in total. The van der Waals surface area contributed by atoms with Crippen LogP contribution in [0.3, 0.4) is 0 Å². The molecular formula is C25H25FN2O5S. The lowest BCUT2D eigenvalue weighted by Crippen LogP contribution is -2.29. The quantitative estimate of drug-likeness (QED) is 0.488. The minimum atomic E-state index is -3.64. The summed E-state index contributed by atoms with van der Waals surface area (Å²) in [6.07, 6.45) is 3.31. The van der Waals surface area contributed by atoms with Crippen molar-refractivity contribution in [3.8, 4) is 22.8 Å². The molecule has 1 N–H and O–H groups in total. The third-order valence-corrected chi connectivity index (χ3v) is 5.86. The molecule has 3 aromatic rings. The third kappa shape index (κ3) is 6.54. The number of aryl methyl sites for hydroxylation is 1. The first kappa shape index (κ1) is 23.7. The van der Waals surface area contributed by atoms with Crippen molar-refractivity contribution in [3.05, 3.63) is 77.2 Å². The fourth-order valence-electron chi connectivity index (χ4n) is 3.36. The Hall–Kier alpha value is -3.46. The van der Waals surface area contributed by atoms with E-state index in [9.17, 15) is 17.6 Å². The Labute approximate surface area is 198 Å². The second kappa shape index (κ2) is 9.80. The number of pyridine rings is 1. The van der Waals surface area contributed by atoms with E-state index in [-0.39, 0.29) is 12.2 Å². The molecule has 1 saturated carbocycles. The molecule has 1 aromatic heterocycles. The second-order valence-electron chi connectivity index (χ2n) is 8.40.